The van der Waals surface area contributed by atoms with E-state index >= 15 is 0 Å². The van der Waals surface area contributed by atoms with Crippen LogP contribution >= 0.6 is 11.6 Å². The molecule has 0 aliphatic heterocycles. The van der Waals surface area contributed by atoms with E-state index in [2.05, 4.69) is 10.3 Å². The summed E-state index contributed by atoms with van der Waals surface area (Å²) in [5.41, 5.74) is 0.0501. The molecule has 0 bridgehead atoms. The molecule has 5 nitrogen and oxygen atoms in total. The fourth-order valence-electron chi connectivity index (χ4n) is 1.25. The van der Waals surface area contributed by atoms with Gasteiger partial charge in [0.05, 0.1) is 16.7 Å². The van der Waals surface area contributed by atoms with Crippen molar-refractivity contribution in [1.82, 2.24) is 4.98 Å². The van der Waals surface area contributed by atoms with Crippen molar-refractivity contribution in [2.45, 2.75) is 25.9 Å². The summed E-state index contributed by atoms with van der Waals surface area (Å²) in [6, 6.07) is 1.34. The van der Waals surface area contributed by atoms with Crippen LogP contribution in [0, 0.1) is 0 Å². The molecule has 0 aliphatic rings. The monoisotopic (exact) mass is 258 g/mol. The van der Waals surface area contributed by atoms with Crippen molar-refractivity contribution in [3.63, 3.8) is 0 Å². The fourth-order valence-corrected chi connectivity index (χ4v) is 1.48. The molecule has 0 fully saturated rings. The lowest BCUT2D eigenvalue weighted by Crippen LogP contribution is -2.13. The first-order chi connectivity index (χ1) is 8.04. The van der Waals surface area contributed by atoms with Gasteiger partial charge in [0.1, 0.15) is 5.82 Å². The van der Waals surface area contributed by atoms with Gasteiger partial charge >= 0.3 is 5.97 Å². The van der Waals surface area contributed by atoms with Crippen LogP contribution in [0.2, 0.25) is 5.02 Å². The first-order valence-corrected chi connectivity index (χ1v) is 5.73. The normalized spacial score (nSPS) is 12.2. The number of carbonyl (C=O) groups is 1. The number of aromatic carboxylic acids is 1. The third-order valence-electron chi connectivity index (χ3n) is 2.33. The van der Waals surface area contributed by atoms with E-state index < -0.39 is 5.97 Å². The average Bonchev–Trinajstić information content (AvgIpc) is 2.30. The van der Waals surface area contributed by atoms with E-state index in [0.29, 0.717) is 25.2 Å². The van der Waals surface area contributed by atoms with Crippen molar-refractivity contribution in [1.29, 1.82) is 0 Å². The number of halogens is 1. The van der Waals surface area contributed by atoms with E-state index in [4.69, 9.17) is 16.7 Å². The highest BCUT2D eigenvalue weighted by molar-refractivity contribution is 6.33. The summed E-state index contributed by atoms with van der Waals surface area (Å²) in [6.07, 6.45) is 2.18. The van der Waals surface area contributed by atoms with Crippen molar-refractivity contribution in [2.24, 2.45) is 0 Å². The van der Waals surface area contributed by atoms with Crippen LogP contribution in [0.3, 0.4) is 0 Å². The summed E-state index contributed by atoms with van der Waals surface area (Å²) in [7, 11) is 0. The van der Waals surface area contributed by atoms with Crippen molar-refractivity contribution < 1.29 is 15.0 Å². The summed E-state index contributed by atoms with van der Waals surface area (Å²) < 4.78 is 0. The summed E-state index contributed by atoms with van der Waals surface area (Å²) in [5, 5.41) is 21.3. The molecule has 1 unspecified atom stereocenters. The minimum Gasteiger partial charge on any atom is -0.478 e. The molecule has 1 aromatic rings. The van der Waals surface area contributed by atoms with E-state index in [1.165, 1.54) is 12.3 Å². The van der Waals surface area contributed by atoms with Gasteiger partial charge in [-0.1, -0.05) is 18.5 Å². The van der Waals surface area contributed by atoms with Crippen molar-refractivity contribution in [2.75, 3.05) is 11.9 Å². The molecule has 94 valence electrons. The maximum absolute atomic E-state index is 10.7. The zero-order valence-corrected chi connectivity index (χ0v) is 10.2. The molecule has 0 spiro atoms. The number of hydrogen-bond donors (Lipinski definition) is 3. The van der Waals surface area contributed by atoms with E-state index in [0.717, 1.165) is 0 Å². The lowest BCUT2D eigenvalue weighted by molar-refractivity contribution is 0.0696. The van der Waals surface area contributed by atoms with Crippen LogP contribution in [0.1, 0.15) is 30.1 Å². The summed E-state index contributed by atoms with van der Waals surface area (Å²) in [6.45, 7) is 2.44. The Morgan fingerprint density at radius 2 is 2.35 bits per heavy atom. The summed E-state index contributed by atoms with van der Waals surface area (Å²) >= 11 is 5.87. The summed E-state index contributed by atoms with van der Waals surface area (Å²) in [5.74, 6) is -0.632. The van der Waals surface area contributed by atoms with Crippen molar-refractivity contribution in [3.05, 3.63) is 22.8 Å². The Kier molecular flexibility index (Phi) is 5.18. The topological polar surface area (TPSA) is 82.5 Å². The third kappa shape index (κ3) is 4.20. The maximum atomic E-state index is 10.7. The standard InChI is InChI=1S/C11H15ClN2O3/c1-2-8(15)3-4-13-10-9(12)5-7(6-14-10)11(16)17/h5-6,8,15H,2-4H2,1H3,(H,13,14)(H,16,17). The number of nitrogens with zero attached hydrogens (tertiary/aromatic N) is 1. The fraction of sp³-hybridized carbons (Fsp3) is 0.455. The minimum atomic E-state index is -1.06. The van der Waals surface area contributed by atoms with E-state index in [9.17, 15) is 9.90 Å². The zero-order valence-electron chi connectivity index (χ0n) is 9.48. The van der Waals surface area contributed by atoms with Gasteiger partial charge in [0.2, 0.25) is 0 Å². The largest absolute Gasteiger partial charge is 0.478 e. The number of anilines is 1. The first kappa shape index (κ1) is 13.7. The van der Waals surface area contributed by atoms with Gasteiger partial charge in [0.15, 0.2) is 0 Å². The van der Waals surface area contributed by atoms with Crippen molar-refractivity contribution in [3.8, 4) is 0 Å². The lowest BCUT2D eigenvalue weighted by atomic mass is 10.2. The predicted octanol–water partition coefficient (Wildman–Crippen LogP) is 2.01. The highest BCUT2D eigenvalue weighted by Crippen LogP contribution is 2.20. The molecule has 3 N–H and O–H groups in total. The molecule has 6 heteroatoms. The van der Waals surface area contributed by atoms with E-state index in [-0.39, 0.29) is 16.7 Å². The van der Waals surface area contributed by atoms with E-state index in [1.54, 1.807) is 0 Å². The highest BCUT2D eigenvalue weighted by atomic mass is 35.5. The number of rotatable bonds is 6. The summed E-state index contributed by atoms with van der Waals surface area (Å²) in [4.78, 5) is 14.6. The van der Waals surface area contributed by atoms with Gasteiger partial charge in [0.25, 0.3) is 0 Å². The molecule has 0 saturated heterocycles. The molecule has 1 aromatic heterocycles. The minimum absolute atomic E-state index is 0.0501. The van der Waals surface area contributed by atoms with Crippen LogP contribution in [-0.2, 0) is 0 Å². The molecule has 0 saturated carbocycles. The SMILES string of the molecule is CCC(O)CCNc1ncc(C(=O)O)cc1Cl. The molecule has 1 atom stereocenters. The number of pyridine rings is 1. The second kappa shape index (κ2) is 6.42. The molecule has 17 heavy (non-hydrogen) atoms. The number of nitrogens with one attached hydrogen (secondary N) is 1. The second-order valence-corrected chi connectivity index (χ2v) is 4.04. The molecule has 0 amide bonds. The van der Waals surface area contributed by atoms with E-state index in [1.807, 2.05) is 6.92 Å². The predicted molar refractivity (Wildman–Crippen MR) is 65.6 cm³/mol. The highest BCUT2D eigenvalue weighted by Gasteiger charge is 2.08. The number of aliphatic hydroxyl groups excluding tert-OH is 1. The van der Waals surface area contributed by atoms with Gasteiger partial charge in [0, 0.05) is 12.7 Å². The Labute approximate surface area is 104 Å². The van der Waals surface area contributed by atoms with Crippen LogP contribution in [0.4, 0.5) is 5.82 Å². The smallest absolute Gasteiger partial charge is 0.337 e. The number of carboxylic acids is 1. The lowest BCUT2D eigenvalue weighted by Gasteiger charge is -2.10. The van der Waals surface area contributed by atoms with Crippen LogP contribution in [0.25, 0.3) is 0 Å². The van der Waals surface area contributed by atoms with Crippen LogP contribution < -0.4 is 5.32 Å². The Morgan fingerprint density at radius 1 is 1.65 bits per heavy atom. The Morgan fingerprint density at radius 3 is 2.88 bits per heavy atom. The van der Waals surface area contributed by atoms with Gasteiger partial charge in [-0.3, -0.25) is 0 Å². The molecule has 0 aliphatic carbocycles. The van der Waals surface area contributed by atoms with Crippen LogP contribution in [-0.4, -0.2) is 33.8 Å². The second-order valence-electron chi connectivity index (χ2n) is 3.64. The van der Waals surface area contributed by atoms with Gasteiger partial charge in [-0.05, 0) is 18.9 Å². The Hall–Kier alpha value is -1.33. The molecule has 1 heterocycles. The first-order valence-electron chi connectivity index (χ1n) is 5.35. The molecule has 0 aromatic carbocycles. The third-order valence-corrected chi connectivity index (χ3v) is 2.62. The molecular weight excluding hydrogens is 244 g/mol. The number of aliphatic hydroxyl groups is 1. The quantitative estimate of drug-likeness (QED) is 0.727. The van der Waals surface area contributed by atoms with Crippen LogP contribution in [0.5, 0.6) is 0 Å². The average molecular weight is 259 g/mol. The maximum Gasteiger partial charge on any atom is 0.337 e. The number of aromatic nitrogens is 1. The van der Waals surface area contributed by atoms with Crippen molar-refractivity contribution >= 4 is 23.4 Å². The molecule has 0 radical (unpaired) electrons. The molecular formula is C11H15ClN2O3. The number of hydrogen-bond acceptors (Lipinski definition) is 4. The Bertz CT molecular complexity index is 398. The Balaban J connectivity index is 2.57. The molecule has 1 rings (SSSR count). The van der Waals surface area contributed by atoms with Crippen LogP contribution in [0.15, 0.2) is 12.3 Å². The number of carboxylic acid groups (broad SMARTS) is 1. The van der Waals surface area contributed by atoms with Gasteiger partial charge < -0.3 is 15.5 Å². The van der Waals surface area contributed by atoms with Gasteiger partial charge in [-0.25, -0.2) is 9.78 Å². The zero-order chi connectivity index (χ0) is 12.8. The van der Waals surface area contributed by atoms with Gasteiger partial charge in [-0.2, -0.15) is 0 Å². The van der Waals surface area contributed by atoms with Gasteiger partial charge in [-0.15, -0.1) is 0 Å².